The second kappa shape index (κ2) is 8.17. The van der Waals surface area contributed by atoms with Crippen molar-refractivity contribution in [3.63, 3.8) is 0 Å². The molecule has 0 saturated heterocycles. The van der Waals surface area contributed by atoms with Gasteiger partial charge in [-0.15, -0.1) is 0 Å². The molecule has 4 N–H and O–H groups in total. The second-order valence-corrected chi connectivity index (χ2v) is 4.95. The quantitative estimate of drug-likeness (QED) is 0.341. The third-order valence-corrected chi connectivity index (χ3v) is 1.76. The highest BCUT2D eigenvalue weighted by Crippen LogP contribution is 2.06. The van der Waals surface area contributed by atoms with Crippen LogP contribution in [-0.2, 0) is 16.7 Å². The van der Waals surface area contributed by atoms with Crippen molar-refractivity contribution in [1.82, 2.24) is 10.6 Å². The molecule has 0 unspecified atom stereocenters. The minimum Gasteiger partial charge on any atom is -0.475 e. The average Bonchev–Trinajstić information content (AvgIpc) is 2.77. The van der Waals surface area contributed by atoms with E-state index in [0.717, 1.165) is 0 Å². The molecule has 0 saturated carbocycles. The van der Waals surface area contributed by atoms with Gasteiger partial charge in [0, 0.05) is 14.1 Å². The fourth-order valence-electron chi connectivity index (χ4n) is 1.04. The summed E-state index contributed by atoms with van der Waals surface area (Å²) in [6.45, 7) is 0.390. The predicted molar refractivity (Wildman–Crippen MR) is 72.4 cm³/mol. The summed E-state index contributed by atoms with van der Waals surface area (Å²) in [5.41, 5.74) is 0. The summed E-state index contributed by atoms with van der Waals surface area (Å²) in [6, 6.07) is 3.03. The minimum atomic E-state index is -3.67. The smallest absolute Gasteiger partial charge is 0.371 e. The lowest BCUT2D eigenvalue weighted by Gasteiger charge is -2.05. The number of nitrogens with zero attached hydrogens (tertiary/aromatic N) is 1. The largest absolute Gasteiger partial charge is 0.475 e. The van der Waals surface area contributed by atoms with E-state index in [1.165, 1.54) is 6.07 Å². The highest BCUT2D eigenvalue weighted by atomic mass is 32.2. The molecule has 1 aromatic rings. The summed E-state index contributed by atoms with van der Waals surface area (Å²) in [4.78, 5) is 14.4. The lowest BCUT2D eigenvalue weighted by atomic mass is 10.4. The first-order valence-electron chi connectivity index (χ1n) is 5.30. The molecular formula is C10H17N3O6S. The molecule has 10 heteroatoms. The van der Waals surface area contributed by atoms with Gasteiger partial charge in [-0.25, -0.2) is 4.79 Å². The number of carboxylic acid groups (broad SMARTS) is 1. The van der Waals surface area contributed by atoms with Crippen molar-refractivity contribution < 1.29 is 27.3 Å². The zero-order valence-electron chi connectivity index (χ0n) is 11.2. The van der Waals surface area contributed by atoms with Gasteiger partial charge in [0.1, 0.15) is 5.76 Å². The number of furan rings is 1. The summed E-state index contributed by atoms with van der Waals surface area (Å²) >= 11 is 0. The molecule has 1 rings (SSSR count). The van der Waals surface area contributed by atoms with Crippen LogP contribution in [0.5, 0.6) is 0 Å². The van der Waals surface area contributed by atoms with E-state index in [1.807, 2.05) is 0 Å². The van der Waals surface area contributed by atoms with Gasteiger partial charge in [0.05, 0.1) is 12.8 Å². The topological polar surface area (TPSA) is 141 Å². The summed E-state index contributed by atoms with van der Waals surface area (Å²) in [7, 11) is -0.288. The van der Waals surface area contributed by atoms with Gasteiger partial charge >= 0.3 is 5.97 Å². The van der Waals surface area contributed by atoms with E-state index in [4.69, 9.17) is 14.1 Å². The lowest BCUT2D eigenvalue weighted by molar-refractivity contribution is 0.0660. The van der Waals surface area contributed by atoms with E-state index >= 15 is 0 Å². The Morgan fingerprint density at radius 2 is 2.00 bits per heavy atom. The summed E-state index contributed by atoms with van der Waals surface area (Å²) in [5.74, 6) is 0.0255. The van der Waals surface area contributed by atoms with Gasteiger partial charge in [0.2, 0.25) is 5.76 Å². The number of aliphatic imine (C=N–C) groups is 1. The molecule has 0 fully saturated rings. The molecule has 1 heterocycles. The third kappa shape index (κ3) is 8.94. The number of carbonyl (C=O) groups is 1. The highest BCUT2D eigenvalue weighted by Gasteiger charge is 2.08. The Morgan fingerprint density at radius 3 is 2.35 bits per heavy atom. The predicted octanol–water partition coefficient (Wildman–Crippen LogP) is -0.223. The van der Waals surface area contributed by atoms with E-state index in [9.17, 15) is 13.2 Å². The zero-order valence-corrected chi connectivity index (χ0v) is 12.1. The zero-order chi connectivity index (χ0) is 15.8. The number of guanidine groups is 1. The van der Waals surface area contributed by atoms with Crippen molar-refractivity contribution >= 4 is 22.0 Å². The number of rotatable bonds is 3. The van der Waals surface area contributed by atoms with Crippen LogP contribution in [0.4, 0.5) is 0 Å². The van der Waals surface area contributed by atoms with Crippen LogP contribution in [0.15, 0.2) is 21.5 Å². The Balaban J connectivity index is 0.000000621. The first-order valence-corrected chi connectivity index (χ1v) is 7.15. The maximum absolute atomic E-state index is 10.5. The van der Waals surface area contributed by atoms with Crippen LogP contribution in [0.2, 0.25) is 0 Å². The number of carboxylic acids is 1. The van der Waals surface area contributed by atoms with E-state index < -0.39 is 16.1 Å². The van der Waals surface area contributed by atoms with Gasteiger partial charge in [-0.1, -0.05) is 0 Å². The van der Waals surface area contributed by atoms with Crippen molar-refractivity contribution in [2.45, 2.75) is 6.54 Å². The van der Waals surface area contributed by atoms with Crippen LogP contribution >= 0.6 is 0 Å². The van der Waals surface area contributed by atoms with Gasteiger partial charge in [0.25, 0.3) is 10.1 Å². The molecule has 0 atom stereocenters. The Hall–Kier alpha value is -2.07. The van der Waals surface area contributed by atoms with E-state index in [0.29, 0.717) is 24.5 Å². The maximum atomic E-state index is 10.5. The molecule has 0 amide bonds. The molecule has 0 radical (unpaired) electrons. The van der Waals surface area contributed by atoms with Gasteiger partial charge < -0.3 is 20.2 Å². The molecule has 0 bridgehead atoms. The van der Waals surface area contributed by atoms with Crippen molar-refractivity contribution in [3.05, 3.63) is 23.7 Å². The maximum Gasteiger partial charge on any atom is 0.371 e. The first kappa shape index (κ1) is 17.9. The molecule has 1 aromatic heterocycles. The van der Waals surface area contributed by atoms with E-state index in [1.54, 1.807) is 20.2 Å². The lowest BCUT2D eigenvalue weighted by Crippen LogP contribution is -2.33. The summed E-state index contributed by atoms with van der Waals surface area (Å²) in [5, 5.41) is 14.4. The van der Waals surface area contributed by atoms with Gasteiger partial charge in [-0.05, 0) is 12.1 Å². The number of hydrogen-bond donors (Lipinski definition) is 4. The van der Waals surface area contributed by atoms with Gasteiger partial charge in [-0.3, -0.25) is 9.55 Å². The normalized spacial score (nSPS) is 11.3. The van der Waals surface area contributed by atoms with Crippen LogP contribution in [-0.4, -0.2) is 50.4 Å². The van der Waals surface area contributed by atoms with Crippen LogP contribution in [0.1, 0.15) is 16.3 Å². The molecule has 20 heavy (non-hydrogen) atoms. The fourth-order valence-corrected chi connectivity index (χ4v) is 1.04. The minimum absolute atomic E-state index is 0.0637. The molecular weight excluding hydrogens is 290 g/mol. The van der Waals surface area contributed by atoms with E-state index in [2.05, 4.69) is 15.6 Å². The SMILES string of the molecule is CN=C(NC)NCc1ccc(C(=O)O)o1.CS(=O)(=O)O. The van der Waals surface area contributed by atoms with E-state index in [-0.39, 0.29) is 5.76 Å². The molecule has 114 valence electrons. The van der Waals surface area contributed by atoms with Crippen LogP contribution in [0.25, 0.3) is 0 Å². The van der Waals surface area contributed by atoms with Crippen molar-refractivity contribution in [3.8, 4) is 0 Å². The average molecular weight is 307 g/mol. The van der Waals surface area contributed by atoms with Crippen LogP contribution in [0.3, 0.4) is 0 Å². The molecule has 0 aliphatic heterocycles. The molecule has 0 aliphatic carbocycles. The number of nitrogens with one attached hydrogen (secondary N) is 2. The number of aromatic carboxylic acids is 1. The highest BCUT2D eigenvalue weighted by molar-refractivity contribution is 7.85. The Labute approximate surface area is 116 Å². The molecule has 9 nitrogen and oxygen atoms in total. The van der Waals surface area contributed by atoms with Crippen molar-refractivity contribution in [2.75, 3.05) is 20.4 Å². The summed E-state index contributed by atoms with van der Waals surface area (Å²) < 4.78 is 30.9. The number of hydrogen-bond acceptors (Lipinski definition) is 5. The Kier molecular flexibility index (Phi) is 7.33. The fraction of sp³-hybridized carbons (Fsp3) is 0.400. The first-order chi connectivity index (χ1) is 9.17. The molecule has 0 aliphatic rings. The van der Waals surface area contributed by atoms with Crippen LogP contribution in [0, 0.1) is 0 Å². The Bertz CT molecular complexity index is 555. The van der Waals surface area contributed by atoms with Gasteiger partial charge in [-0.2, -0.15) is 8.42 Å². The molecule has 0 spiro atoms. The summed E-state index contributed by atoms with van der Waals surface area (Å²) in [6.07, 6.45) is 0.715. The molecule has 0 aromatic carbocycles. The standard InChI is InChI=1S/C9H13N3O3.CH4O3S/c1-10-9(11-2)12-5-6-3-4-7(15-6)8(13)14;1-5(2,3)4/h3-4H,5H2,1-2H3,(H,13,14)(H2,10,11,12);1H3,(H,2,3,4). The van der Waals surface area contributed by atoms with Crippen molar-refractivity contribution in [1.29, 1.82) is 0 Å². The monoisotopic (exact) mass is 307 g/mol. The van der Waals surface area contributed by atoms with Crippen LogP contribution < -0.4 is 10.6 Å². The second-order valence-electron chi connectivity index (χ2n) is 3.48. The van der Waals surface area contributed by atoms with Crippen molar-refractivity contribution in [2.24, 2.45) is 4.99 Å². The third-order valence-electron chi connectivity index (χ3n) is 1.76. The Morgan fingerprint density at radius 1 is 1.45 bits per heavy atom. The van der Waals surface area contributed by atoms with Gasteiger partial charge in [0.15, 0.2) is 5.96 Å².